The van der Waals surface area contributed by atoms with Gasteiger partial charge in [-0.15, -0.1) is 16.8 Å². The summed E-state index contributed by atoms with van der Waals surface area (Å²) in [5, 5.41) is 12.6. The molecule has 1 heterocycles. The van der Waals surface area contributed by atoms with E-state index in [4.69, 9.17) is 32.7 Å². The zero-order valence-electron chi connectivity index (χ0n) is 16.7. The molecule has 0 spiro atoms. The fourth-order valence-corrected chi connectivity index (χ4v) is 3.68. The van der Waals surface area contributed by atoms with Gasteiger partial charge in [0.1, 0.15) is 18.1 Å². The van der Waals surface area contributed by atoms with Crippen molar-refractivity contribution in [2.45, 2.75) is 18.3 Å². The van der Waals surface area contributed by atoms with Crippen LogP contribution in [0.3, 0.4) is 0 Å². The third-order valence-electron chi connectivity index (χ3n) is 4.07. The molecule has 10 heteroatoms. The van der Waals surface area contributed by atoms with E-state index < -0.39 is 0 Å². The second-order valence-corrected chi connectivity index (χ2v) is 8.01. The average molecular weight is 479 g/mol. The number of nitrogens with one attached hydrogen (secondary N) is 1. The molecule has 0 fully saturated rings. The van der Waals surface area contributed by atoms with Gasteiger partial charge in [-0.1, -0.05) is 41.0 Å². The van der Waals surface area contributed by atoms with Crippen molar-refractivity contribution >= 4 is 46.6 Å². The quantitative estimate of drug-likeness (QED) is 0.323. The molecule has 1 N–H and O–H groups in total. The van der Waals surface area contributed by atoms with Crippen molar-refractivity contribution in [1.29, 1.82) is 0 Å². The van der Waals surface area contributed by atoms with E-state index in [1.807, 2.05) is 28.8 Å². The van der Waals surface area contributed by atoms with Crippen LogP contribution in [0.15, 0.2) is 60.3 Å². The lowest BCUT2D eigenvalue weighted by atomic mass is 10.3. The summed E-state index contributed by atoms with van der Waals surface area (Å²) in [5.74, 6) is 1.94. The number of rotatable bonds is 10. The number of thioether (sulfide) groups is 1. The van der Waals surface area contributed by atoms with Crippen molar-refractivity contribution in [2.75, 3.05) is 18.2 Å². The zero-order chi connectivity index (χ0) is 22.2. The maximum atomic E-state index is 12.3. The lowest BCUT2D eigenvalue weighted by Gasteiger charge is -2.10. The minimum atomic E-state index is -0.238. The van der Waals surface area contributed by atoms with Gasteiger partial charge in [-0.2, -0.15) is 0 Å². The summed E-state index contributed by atoms with van der Waals surface area (Å²) in [6.45, 7) is 4.48. The number of benzene rings is 2. The molecule has 0 unspecified atom stereocenters. The Balaban J connectivity index is 1.61. The van der Waals surface area contributed by atoms with Crippen molar-refractivity contribution < 1.29 is 14.3 Å². The molecule has 3 aromatic rings. The SMILES string of the molecule is C=CCn1c(COc2ccc(OC)cc2)nnc1SCC(=O)Nc1cc(Cl)ccc1Cl. The van der Waals surface area contributed by atoms with Gasteiger partial charge in [-0.25, -0.2) is 0 Å². The molecular formula is C21H20Cl2N4O3S. The summed E-state index contributed by atoms with van der Waals surface area (Å²) in [6.07, 6.45) is 1.73. The summed E-state index contributed by atoms with van der Waals surface area (Å²) in [5.41, 5.74) is 0.459. The molecule has 0 aliphatic heterocycles. The van der Waals surface area contributed by atoms with Crippen molar-refractivity contribution in [3.8, 4) is 11.5 Å². The molecule has 162 valence electrons. The Kier molecular flexibility index (Phi) is 8.22. The Hall–Kier alpha value is -2.68. The molecule has 0 saturated carbocycles. The molecular weight excluding hydrogens is 459 g/mol. The van der Waals surface area contributed by atoms with Crippen LogP contribution in [0.2, 0.25) is 10.0 Å². The lowest BCUT2D eigenvalue weighted by Crippen LogP contribution is -2.15. The molecule has 0 atom stereocenters. The Labute approximate surface area is 194 Å². The number of nitrogens with zero attached hydrogens (tertiary/aromatic N) is 3. The minimum Gasteiger partial charge on any atom is -0.497 e. The zero-order valence-corrected chi connectivity index (χ0v) is 19.0. The highest BCUT2D eigenvalue weighted by Gasteiger charge is 2.15. The molecule has 1 amide bonds. The average Bonchev–Trinajstić information content (AvgIpc) is 3.15. The molecule has 1 aromatic heterocycles. The van der Waals surface area contributed by atoms with E-state index in [0.717, 1.165) is 5.75 Å². The first-order chi connectivity index (χ1) is 15.0. The number of aromatic nitrogens is 3. The van der Waals surface area contributed by atoms with Crippen LogP contribution in [0.1, 0.15) is 5.82 Å². The molecule has 0 aliphatic rings. The number of halogens is 2. The molecule has 2 aromatic carbocycles. The number of allylic oxidation sites excluding steroid dienone is 1. The van der Waals surface area contributed by atoms with Crippen molar-refractivity contribution in [1.82, 2.24) is 14.8 Å². The first kappa shape index (κ1) is 23.0. The van der Waals surface area contributed by atoms with E-state index in [2.05, 4.69) is 22.1 Å². The predicted octanol–water partition coefficient (Wildman–Crippen LogP) is 5.09. The van der Waals surface area contributed by atoms with Gasteiger partial charge in [0.05, 0.1) is 23.6 Å². The van der Waals surface area contributed by atoms with E-state index in [1.165, 1.54) is 11.8 Å². The highest BCUT2D eigenvalue weighted by atomic mass is 35.5. The summed E-state index contributed by atoms with van der Waals surface area (Å²) in [4.78, 5) is 12.3. The number of carbonyl (C=O) groups excluding carboxylic acids is 1. The van der Waals surface area contributed by atoms with Gasteiger partial charge in [-0.3, -0.25) is 9.36 Å². The van der Waals surface area contributed by atoms with Crippen LogP contribution < -0.4 is 14.8 Å². The fourth-order valence-electron chi connectivity index (χ4n) is 2.57. The number of hydrogen-bond donors (Lipinski definition) is 1. The second kappa shape index (κ2) is 11.1. The third-order valence-corrected chi connectivity index (χ3v) is 5.60. The number of hydrogen-bond acceptors (Lipinski definition) is 6. The van der Waals surface area contributed by atoms with Crippen molar-refractivity contribution in [2.24, 2.45) is 0 Å². The highest BCUT2D eigenvalue weighted by Crippen LogP contribution is 2.26. The molecule has 31 heavy (non-hydrogen) atoms. The van der Waals surface area contributed by atoms with E-state index in [9.17, 15) is 4.79 Å². The number of ether oxygens (including phenoxy) is 2. The van der Waals surface area contributed by atoms with E-state index in [1.54, 1.807) is 31.4 Å². The Morgan fingerprint density at radius 3 is 2.65 bits per heavy atom. The number of anilines is 1. The van der Waals surface area contributed by atoms with Crippen molar-refractivity contribution in [3.05, 3.63) is 71.0 Å². The van der Waals surface area contributed by atoms with Gasteiger partial charge >= 0.3 is 0 Å². The smallest absolute Gasteiger partial charge is 0.234 e. The highest BCUT2D eigenvalue weighted by molar-refractivity contribution is 7.99. The topological polar surface area (TPSA) is 78.3 Å². The standard InChI is InChI=1S/C21H20Cl2N4O3S/c1-3-10-27-19(12-30-16-7-5-15(29-2)6-8-16)25-26-21(27)31-13-20(28)24-18-11-14(22)4-9-17(18)23/h3-9,11H,1,10,12-13H2,2H3,(H,24,28). The van der Waals surface area contributed by atoms with Gasteiger partial charge in [0.2, 0.25) is 5.91 Å². The fraction of sp³-hybridized carbons (Fsp3) is 0.190. The van der Waals surface area contributed by atoms with E-state index in [-0.39, 0.29) is 18.3 Å². The Morgan fingerprint density at radius 1 is 1.19 bits per heavy atom. The molecule has 0 radical (unpaired) electrons. The van der Waals surface area contributed by atoms with Crippen LogP contribution in [0.4, 0.5) is 5.69 Å². The van der Waals surface area contributed by atoms with Gasteiger partial charge in [0, 0.05) is 11.6 Å². The molecule has 0 saturated heterocycles. The summed E-state index contributed by atoms with van der Waals surface area (Å²) < 4.78 is 12.8. The minimum absolute atomic E-state index is 0.122. The molecule has 3 rings (SSSR count). The van der Waals surface area contributed by atoms with Crippen LogP contribution in [-0.4, -0.2) is 33.5 Å². The predicted molar refractivity (Wildman–Crippen MR) is 123 cm³/mol. The largest absolute Gasteiger partial charge is 0.497 e. The molecule has 0 bridgehead atoms. The number of amides is 1. The first-order valence-electron chi connectivity index (χ1n) is 9.17. The van der Waals surface area contributed by atoms with Crippen LogP contribution in [-0.2, 0) is 17.9 Å². The van der Waals surface area contributed by atoms with Crippen LogP contribution in [0.5, 0.6) is 11.5 Å². The Bertz CT molecular complexity index is 1060. The summed E-state index contributed by atoms with van der Waals surface area (Å²) in [7, 11) is 1.61. The molecule has 0 aliphatic carbocycles. The number of carbonyl (C=O) groups is 1. The van der Waals surface area contributed by atoms with E-state index in [0.29, 0.717) is 39.0 Å². The van der Waals surface area contributed by atoms with Crippen LogP contribution >= 0.6 is 35.0 Å². The molecule has 7 nitrogen and oxygen atoms in total. The van der Waals surface area contributed by atoms with Crippen LogP contribution in [0.25, 0.3) is 0 Å². The maximum absolute atomic E-state index is 12.3. The first-order valence-corrected chi connectivity index (χ1v) is 10.9. The van der Waals surface area contributed by atoms with E-state index >= 15 is 0 Å². The van der Waals surface area contributed by atoms with Gasteiger partial charge in [0.25, 0.3) is 0 Å². The second-order valence-electron chi connectivity index (χ2n) is 6.22. The Morgan fingerprint density at radius 2 is 1.94 bits per heavy atom. The summed E-state index contributed by atoms with van der Waals surface area (Å²) >= 11 is 13.3. The lowest BCUT2D eigenvalue weighted by molar-refractivity contribution is -0.113. The normalized spacial score (nSPS) is 10.5. The van der Waals surface area contributed by atoms with Gasteiger partial charge < -0.3 is 14.8 Å². The van der Waals surface area contributed by atoms with Gasteiger partial charge in [0.15, 0.2) is 11.0 Å². The third kappa shape index (κ3) is 6.40. The maximum Gasteiger partial charge on any atom is 0.234 e. The van der Waals surface area contributed by atoms with Gasteiger partial charge in [-0.05, 0) is 42.5 Å². The summed E-state index contributed by atoms with van der Waals surface area (Å²) in [6, 6.07) is 12.1. The van der Waals surface area contributed by atoms with Crippen LogP contribution in [0, 0.1) is 0 Å². The van der Waals surface area contributed by atoms with Crippen molar-refractivity contribution in [3.63, 3.8) is 0 Å². The monoisotopic (exact) mass is 478 g/mol. The number of methoxy groups -OCH3 is 1.